The van der Waals surface area contributed by atoms with Gasteiger partial charge in [0.05, 0.1) is 0 Å². The molecule has 0 saturated heterocycles. The van der Waals surface area contributed by atoms with E-state index in [2.05, 4.69) is 24.2 Å². The maximum atomic E-state index is 9.32. The molecule has 2 nitrogen and oxygen atoms in total. The molecule has 0 aromatic heterocycles. The molecule has 0 heterocycles. The zero-order valence-corrected chi connectivity index (χ0v) is 12.1. The maximum Gasteiger partial charge on any atom is 2.00 e. The molecule has 7 heavy (non-hydrogen) atoms. The number of hydrogen-bond donors (Lipinski definition) is 0. The van der Waals surface area contributed by atoms with Crippen molar-refractivity contribution in [1.82, 2.24) is 0 Å². The summed E-state index contributed by atoms with van der Waals surface area (Å²) in [5.41, 5.74) is 0. The molecule has 0 unspecified atom stereocenters. The molecule has 0 aliphatic carbocycles. The van der Waals surface area contributed by atoms with Crippen LogP contribution in [-0.2, 0) is 63.1 Å². The Bertz CT molecular complexity index is 29.2. The Hall–Kier alpha value is 2.08. The second-order valence-corrected chi connectivity index (χ2v) is 5.50. The van der Waals surface area contributed by atoms with Crippen LogP contribution in [0.3, 0.4) is 0 Å². The molecule has 0 fully saturated rings. The first-order valence-electron chi connectivity index (χ1n) is 0.816. The molecule has 0 bridgehead atoms. The first kappa shape index (κ1) is 16.0. The Morgan fingerprint density at radius 2 is 1.00 bits per heavy atom. The van der Waals surface area contributed by atoms with Gasteiger partial charge < -0.3 is 40.6 Å². The zero-order valence-electron chi connectivity index (χ0n) is 3.55. The van der Waals surface area contributed by atoms with Crippen LogP contribution in [0.2, 0.25) is 0 Å². The monoisotopic (exact) mass is 252 g/mol. The van der Waals surface area contributed by atoms with Crippen molar-refractivity contribution in [2.24, 2.45) is 0 Å². The van der Waals surface area contributed by atoms with E-state index in [9.17, 15) is 9.59 Å². The summed E-state index contributed by atoms with van der Waals surface area (Å²) < 4.78 is 0. The third-order valence-electron chi connectivity index (χ3n) is 0. The van der Waals surface area contributed by atoms with E-state index in [4.69, 9.17) is 0 Å². The summed E-state index contributed by atoms with van der Waals surface area (Å²) in [6.07, 6.45) is 0. The van der Waals surface area contributed by atoms with Crippen molar-refractivity contribution in [2.45, 2.75) is 0 Å². The van der Waals surface area contributed by atoms with Gasteiger partial charge in [0.25, 0.3) is 0 Å². The Morgan fingerprint density at radius 3 is 1.00 bits per heavy atom. The van der Waals surface area contributed by atoms with Gasteiger partial charge in [-0.3, -0.25) is 0 Å². The van der Waals surface area contributed by atoms with Crippen LogP contribution in [-0.4, -0.2) is 6.86 Å². The first-order chi connectivity index (χ1) is 2.00. The summed E-state index contributed by atoms with van der Waals surface area (Å²) in [5.74, 6) is 0. The molecule has 7 heteroatoms. The topological polar surface area (TPSA) is 46.1 Å². The van der Waals surface area contributed by atoms with Crippen molar-refractivity contribution in [3.63, 3.8) is 0 Å². The van der Waals surface area contributed by atoms with Crippen LogP contribution in [0.15, 0.2) is 0 Å². The van der Waals surface area contributed by atoms with Gasteiger partial charge in [-0.25, -0.2) is 0 Å². The van der Waals surface area contributed by atoms with Crippen molar-refractivity contribution in [3.05, 3.63) is 0 Å². The summed E-state index contributed by atoms with van der Waals surface area (Å²) in [6.45, 7) is -3.94. The minimum Gasteiger partial charge on any atom is -0.901 e. The van der Waals surface area contributed by atoms with Crippen LogP contribution in [0.25, 0.3) is 0 Å². The standard InChI is InChI=1S/O2S2Si.2Zn/c1-5(2,3)4;;/q-4;2*+2. The van der Waals surface area contributed by atoms with E-state index in [0.29, 0.717) is 0 Å². The normalized spacial score (nSPS) is 8.57. The van der Waals surface area contributed by atoms with E-state index in [1.165, 1.54) is 0 Å². The molecule has 0 radical (unpaired) electrons. The van der Waals surface area contributed by atoms with Crippen LogP contribution >= 0.6 is 0 Å². The fourth-order valence-corrected chi connectivity index (χ4v) is 0. The predicted molar refractivity (Wildman–Crippen MR) is 20.5 cm³/mol. The van der Waals surface area contributed by atoms with Gasteiger partial charge in [-0.05, 0) is 0 Å². The average Bonchev–Trinajstić information content (AvgIpc) is 0.722. The van der Waals surface area contributed by atoms with E-state index in [1.54, 1.807) is 0 Å². The fraction of sp³-hybridized carbons (Fsp3) is 0. The van der Waals surface area contributed by atoms with Gasteiger partial charge in [0.2, 0.25) is 0 Å². The molecule has 0 rings (SSSR count). The van der Waals surface area contributed by atoms with E-state index < -0.39 is 6.86 Å². The summed E-state index contributed by atoms with van der Waals surface area (Å²) in [6, 6.07) is 0. The third-order valence-corrected chi connectivity index (χ3v) is 0. The molecule has 0 aliphatic rings. The van der Waals surface area contributed by atoms with E-state index in [0.717, 1.165) is 0 Å². The molecule has 32 valence electrons. The second-order valence-electron chi connectivity index (χ2n) is 0.500. The van der Waals surface area contributed by atoms with Crippen molar-refractivity contribution < 1.29 is 48.5 Å². The van der Waals surface area contributed by atoms with Gasteiger partial charge in [0.1, 0.15) is 0 Å². The summed E-state index contributed by atoms with van der Waals surface area (Å²) >= 11 is 7.34. The molecule has 0 N–H and O–H groups in total. The van der Waals surface area contributed by atoms with Crippen LogP contribution in [0.5, 0.6) is 0 Å². The Labute approximate surface area is 79.0 Å². The van der Waals surface area contributed by atoms with Crippen LogP contribution in [0.1, 0.15) is 0 Å². The van der Waals surface area contributed by atoms with Gasteiger partial charge >= 0.3 is 39.0 Å². The van der Waals surface area contributed by atoms with Gasteiger partial charge in [0, 0.05) is 0 Å². The molecular formula is O2S2SiZn2. The summed E-state index contributed by atoms with van der Waals surface area (Å²) in [5, 5.41) is 0. The van der Waals surface area contributed by atoms with E-state index >= 15 is 0 Å². The van der Waals surface area contributed by atoms with Gasteiger partial charge in [-0.1, -0.05) is 0 Å². The zero-order chi connectivity index (χ0) is 4.50. The van der Waals surface area contributed by atoms with Crippen molar-refractivity contribution in [2.75, 3.05) is 0 Å². The SMILES string of the molecule is [O-][Si]([O-])([S-])[S-].[Zn+2].[Zn+2]. The fourth-order valence-electron chi connectivity index (χ4n) is 0. The largest absolute Gasteiger partial charge is 2.00 e. The van der Waals surface area contributed by atoms with Crippen molar-refractivity contribution >= 4 is 31.0 Å². The molecule has 0 aromatic rings. The molecular weight excluding hydrogens is 255 g/mol. The minimum atomic E-state index is -3.94. The summed E-state index contributed by atoms with van der Waals surface area (Å²) in [7, 11) is 0. The van der Waals surface area contributed by atoms with Gasteiger partial charge in [0.15, 0.2) is 0 Å². The van der Waals surface area contributed by atoms with Crippen LogP contribution < -0.4 is 9.59 Å². The Balaban J connectivity index is -0.0000000800. The molecule has 0 spiro atoms. The molecule has 0 amide bonds. The molecule has 0 atom stereocenters. The number of rotatable bonds is 0. The van der Waals surface area contributed by atoms with Crippen LogP contribution in [0, 0.1) is 0 Å². The quantitative estimate of drug-likeness (QED) is 0.347. The predicted octanol–water partition coefficient (Wildman–Crippen LogP) is -2.77. The maximum absolute atomic E-state index is 9.32. The third kappa shape index (κ3) is 68.9. The molecule has 0 saturated carbocycles. The van der Waals surface area contributed by atoms with Gasteiger partial charge in [-0.15, -0.1) is 0 Å². The Kier molecular flexibility index (Phi) is 14.2. The number of hydrogen-bond acceptors (Lipinski definition) is 4. The first-order valence-corrected chi connectivity index (χ1v) is 4.90. The minimum absolute atomic E-state index is 0. The van der Waals surface area contributed by atoms with Crippen LogP contribution in [0.4, 0.5) is 0 Å². The average molecular weight is 255 g/mol. The van der Waals surface area contributed by atoms with E-state index in [-0.39, 0.29) is 39.0 Å². The van der Waals surface area contributed by atoms with Crippen molar-refractivity contribution in [3.8, 4) is 0 Å². The smallest absolute Gasteiger partial charge is 0.901 e. The van der Waals surface area contributed by atoms with Crippen molar-refractivity contribution in [1.29, 1.82) is 0 Å². The Morgan fingerprint density at radius 1 is 1.00 bits per heavy atom. The molecule has 0 aromatic carbocycles. The van der Waals surface area contributed by atoms with E-state index in [1.807, 2.05) is 0 Å². The second kappa shape index (κ2) is 6.21. The summed E-state index contributed by atoms with van der Waals surface area (Å²) in [4.78, 5) is 18.6. The molecule has 0 aliphatic heterocycles. The van der Waals surface area contributed by atoms with Gasteiger partial charge in [-0.2, -0.15) is 0 Å².